The van der Waals surface area contributed by atoms with Gasteiger partial charge in [-0.2, -0.15) is 0 Å². The van der Waals surface area contributed by atoms with Crippen molar-refractivity contribution in [1.29, 1.82) is 0 Å². The van der Waals surface area contributed by atoms with Gasteiger partial charge < -0.3 is 4.90 Å². The first-order chi connectivity index (χ1) is 16.8. The van der Waals surface area contributed by atoms with Gasteiger partial charge >= 0.3 is 0 Å². The summed E-state index contributed by atoms with van der Waals surface area (Å²) in [5.41, 5.74) is 0. The van der Waals surface area contributed by atoms with Gasteiger partial charge in [-0.1, -0.05) is 128 Å². The maximum absolute atomic E-state index is 2.57. The van der Waals surface area contributed by atoms with Crippen LogP contribution in [0.2, 0.25) is 0 Å². The van der Waals surface area contributed by atoms with Crippen LogP contribution in [0, 0.1) is 0 Å². The van der Waals surface area contributed by atoms with Crippen LogP contribution < -0.4 is 0 Å². The lowest BCUT2D eigenvalue weighted by atomic mass is 10.1. The molecule has 0 rings (SSSR count). The van der Waals surface area contributed by atoms with Gasteiger partial charge in [0.05, 0.1) is 0 Å². The zero-order valence-electron chi connectivity index (χ0n) is 24.1. The molecule has 0 saturated heterocycles. The van der Waals surface area contributed by atoms with Crippen LogP contribution in [0.3, 0.4) is 0 Å². The molecule has 0 fully saturated rings. The molecule has 1 heteroatoms. The normalized spacial score (nSPS) is 12.1. The minimum Gasteiger partial charge on any atom is -0.306 e. The van der Waals surface area contributed by atoms with Crippen molar-refractivity contribution in [3.63, 3.8) is 0 Å². The predicted molar refractivity (Wildman–Crippen MR) is 158 cm³/mol. The van der Waals surface area contributed by atoms with E-state index >= 15 is 0 Å². The molecular formula is C33H65N. The fourth-order valence-electron chi connectivity index (χ4n) is 4.66. The molecule has 0 spiro atoms. The molecule has 0 aromatic heterocycles. The molecule has 0 aliphatic carbocycles. The molecule has 0 aromatic rings. The van der Waals surface area contributed by atoms with Gasteiger partial charge in [0.25, 0.3) is 0 Å². The Bertz CT molecular complexity index is 373. The topological polar surface area (TPSA) is 3.24 Å². The van der Waals surface area contributed by atoms with E-state index < -0.39 is 0 Å². The van der Waals surface area contributed by atoms with Crippen LogP contribution in [0.15, 0.2) is 24.3 Å². The Morgan fingerprint density at radius 1 is 0.353 bits per heavy atom. The van der Waals surface area contributed by atoms with Gasteiger partial charge in [-0.15, -0.1) is 0 Å². The lowest BCUT2D eigenvalue weighted by molar-refractivity contribution is 0.314. The van der Waals surface area contributed by atoms with Crippen molar-refractivity contribution < 1.29 is 0 Å². The van der Waals surface area contributed by atoms with Crippen LogP contribution >= 0.6 is 0 Å². The zero-order chi connectivity index (χ0) is 24.8. The van der Waals surface area contributed by atoms with Crippen LogP contribution in [0.25, 0.3) is 0 Å². The van der Waals surface area contributed by atoms with Crippen molar-refractivity contribution in [2.75, 3.05) is 20.1 Å². The SMILES string of the molecule is CCCCCC/C=C\CCCCCCCCN(C)CCCCCCCC/C=C\CCCCCC. The first kappa shape index (κ1) is 33.4. The highest BCUT2D eigenvalue weighted by molar-refractivity contribution is 4.82. The van der Waals surface area contributed by atoms with E-state index in [1.165, 1.54) is 167 Å². The van der Waals surface area contributed by atoms with Gasteiger partial charge in [0.2, 0.25) is 0 Å². The molecule has 0 aliphatic heterocycles. The first-order valence-electron chi connectivity index (χ1n) is 15.8. The predicted octanol–water partition coefficient (Wildman–Crippen LogP) is 11.4. The van der Waals surface area contributed by atoms with E-state index in [0.717, 1.165) is 0 Å². The largest absolute Gasteiger partial charge is 0.306 e. The second-order valence-corrected chi connectivity index (χ2v) is 10.8. The molecule has 0 bridgehead atoms. The molecular weight excluding hydrogens is 410 g/mol. The Morgan fingerprint density at radius 3 is 0.941 bits per heavy atom. The number of unbranched alkanes of at least 4 members (excludes halogenated alkanes) is 20. The van der Waals surface area contributed by atoms with Crippen LogP contribution in [-0.2, 0) is 0 Å². The molecule has 0 N–H and O–H groups in total. The smallest absolute Gasteiger partial charge is 0.00218 e. The molecule has 0 aromatic carbocycles. The Morgan fingerprint density at radius 2 is 0.618 bits per heavy atom. The maximum Gasteiger partial charge on any atom is -0.00218 e. The quantitative estimate of drug-likeness (QED) is 0.0803. The van der Waals surface area contributed by atoms with Crippen molar-refractivity contribution in [2.45, 2.75) is 168 Å². The van der Waals surface area contributed by atoms with Gasteiger partial charge in [0.1, 0.15) is 0 Å². The van der Waals surface area contributed by atoms with Crippen LogP contribution in [0.1, 0.15) is 168 Å². The Hall–Kier alpha value is -0.560. The third-order valence-corrected chi connectivity index (χ3v) is 7.10. The van der Waals surface area contributed by atoms with Crippen LogP contribution in [0.4, 0.5) is 0 Å². The number of hydrogen-bond donors (Lipinski definition) is 0. The van der Waals surface area contributed by atoms with E-state index in [1.54, 1.807) is 0 Å². The van der Waals surface area contributed by atoms with Gasteiger partial charge in [-0.3, -0.25) is 0 Å². The highest BCUT2D eigenvalue weighted by Crippen LogP contribution is 2.11. The fraction of sp³-hybridized carbons (Fsp3) is 0.879. The Labute approximate surface area is 217 Å². The Kier molecular flexibility index (Phi) is 30.0. The van der Waals surface area contributed by atoms with Crippen molar-refractivity contribution in [1.82, 2.24) is 4.90 Å². The molecule has 0 unspecified atom stereocenters. The highest BCUT2D eigenvalue weighted by Gasteiger charge is 1.99. The summed E-state index contributed by atoms with van der Waals surface area (Å²) in [4.78, 5) is 2.57. The third-order valence-electron chi connectivity index (χ3n) is 7.10. The monoisotopic (exact) mass is 476 g/mol. The summed E-state index contributed by atoms with van der Waals surface area (Å²) in [5, 5.41) is 0. The summed E-state index contributed by atoms with van der Waals surface area (Å²) in [6, 6.07) is 0. The summed E-state index contributed by atoms with van der Waals surface area (Å²) in [5.74, 6) is 0. The van der Waals surface area contributed by atoms with E-state index in [0.29, 0.717) is 0 Å². The summed E-state index contributed by atoms with van der Waals surface area (Å²) < 4.78 is 0. The summed E-state index contributed by atoms with van der Waals surface area (Å²) in [6.07, 6.45) is 42.9. The number of rotatable bonds is 28. The molecule has 34 heavy (non-hydrogen) atoms. The minimum atomic E-state index is 1.30. The van der Waals surface area contributed by atoms with E-state index in [4.69, 9.17) is 0 Å². The van der Waals surface area contributed by atoms with E-state index in [-0.39, 0.29) is 0 Å². The second kappa shape index (κ2) is 30.5. The molecule has 0 amide bonds. The van der Waals surface area contributed by atoms with E-state index in [1.807, 2.05) is 0 Å². The standard InChI is InChI=1S/C33H65N/c1-4-6-8-10-12-14-16-18-20-22-24-26-28-30-32-34(3)33-31-29-27-25-23-21-19-17-15-13-11-9-7-5-2/h14-17H,4-13,18-33H2,1-3H3/b16-14-,17-15-. The average molecular weight is 476 g/mol. The van der Waals surface area contributed by atoms with E-state index in [2.05, 4.69) is 50.1 Å². The molecule has 0 aliphatic rings. The van der Waals surface area contributed by atoms with Crippen molar-refractivity contribution >= 4 is 0 Å². The van der Waals surface area contributed by atoms with Gasteiger partial charge in [0, 0.05) is 0 Å². The summed E-state index contributed by atoms with van der Waals surface area (Å²) in [7, 11) is 2.32. The number of hydrogen-bond acceptors (Lipinski definition) is 1. The lowest BCUT2D eigenvalue weighted by Gasteiger charge is -2.16. The second-order valence-electron chi connectivity index (χ2n) is 10.8. The lowest BCUT2D eigenvalue weighted by Crippen LogP contribution is -2.20. The van der Waals surface area contributed by atoms with Gasteiger partial charge in [-0.05, 0) is 84.3 Å². The first-order valence-corrected chi connectivity index (χ1v) is 15.8. The fourth-order valence-corrected chi connectivity index (χ4v) is 4.66. The molecule has 1 nitrogen and oxygen atoms in total. The van der Waals surface area contributed by atoms with E-state index in [9.17, 15) is 0 Å². The van der Waals surface area contributed by atoms with Crippen molar-refractivity contribution in [3.8, 4) is 0 Å². The van der Waals surface area contributed by atoms with Crippen molar-refractivity contribution in [2.24, 2.45) is 0 Å². The molecule has 202 valence electrons. The van der Waals surface area contributed by atoms with Gasteiger partial charge in [-0.25, -0.2) is 0 Å². The summed E-state index contributed by atoms with van der Waals surface area (Å²) >= 11 is 0. The molecule has 0 saturated carbocycles. The average Bonchev–Trinajstić information content (AvgIpc) is 2.84. The third kappa shape index (κ3) is 29.5. The van der Waals surface area contributed by atoms with Gasteiger partial charge in [0.15, 0.2) is 0 Å². The van der Waals surface area contributed by atoms with Crippen molar-refractivity contribution in [3.05, 3.63) is 24.3 Å². The number of nitrogens with zero attached hydrogens (tertiary/aromatic N) is 1. The molecule has 0 atom stereocenters. The number of allylic oxidation sites excluding steroid dienone is 4. The molecule has 0 heterocycles. The maximum atomic E-state index is 2.57. The Balaban J connectivity index is 3.22. The zero-order valence-corrected chi connectivity index (χ0v) is 24.1. The summed E-state index contributed by atoms with van der Waals surface area (Å²) in [6.45, 7) is 7.17. The van der Waals surface area contributed by atoms with Crippen LogP contribution in [-0.4, -0.2) is 25.0 Å². The van der Waals surface area contributed by atoms with Crippen LogP contribution in [0.5, 0.6) is 0 Å². The highest BCUT2D eigenvalue weighted by atomic mass is 15.1. The minimum absolute atomic E-state index is 1.30. The molecule has 0 radical (unpaired) electrons.